The van der Waals surface area contributed by atoms with E-state index in [1.54, 1.807) is 0 Å². The van der Waals surface area contributed by atoms with E-state index >= 15 is 0 Å². The third kappa shape index (κ3) is 1.83. The highest BCUT2D eigenvalue weighted by atomic mass is 79.9. The molecule has 2 nitrogen and oxygen atoms in total. The number of nitrogens with zero attached hydrogens (tertiary/aromatic N) is 2. The SMILES string of the molecule is Brc1nn(C2CCCCC2)c2c1CCCC2. The fraction of sp³-hybridized carbons (Fsp3) is 0.769. The molecular weight excluding hydrogens is 264 g/mol. The minimum Gasteiger partial charge on any atom is -0.265 e. The Morgan fingerprint density at radius 3 is 2.56 bits per heavy atom. The zero-order valence-electron chi connectivity index (χ0n) is 9.71. The molecule has 0 unspecified atom stereocenters. The second-order valence-corrected chi connectivity index (χ2v) is 5.91. The lowest BCUT2D eigenvalue weighted by molar-refractivity contribution is 0.319. The van der Waals surface area contributed by atoms with E-state index in [9.17, 15) is 0 Å². The molecule has 1 aromatic rings. The van der Waals surface area contributed by atoms with Crippen LogP contribution in [0.5, 0.6) is 0 Å². The van der Waals surface area contributed by atoms with Crippen molar-refractivity contribution in [3.8, 4) is 0 Å². The molecule has 1 fully saturated rings. The molecule has 0 aromatic carbocycles. The van der Waals surface area contributed by atoms with Crippen LogP contribution < -0.4 is 0 Å². The predicted octanol–water partition coefficient (Wildman–Crippen LogP) is 4.03. The average molecular weight is 283 g/mol. The fourth-order valence-electron chi connectivity index (χ4n) is 3.21. The molecule has 2 aliphatic rings. The number of hydrogen-bond donors (Lipinski definition) is 0. The van der Waals surface area contributed by atoms with Crippen molar-refractivity contribution < 1.29 is 0 Å². The van der Waals surface area contributed by atoms with E-state index in [0.29, 0.717) is 6.04 Å². The van der Waals surface area contributed by atoms with E-state index in [2.05, 4.69) is 20.6 Å². The molecule has 0 spiro atoms. The second-order valence-electron chi connectivity index (χ2n) is 5.16. The molecule has 0 radical (unpaired) electrons. The lowest BCUT2D eigenvalue weighted by Crippen LogP contribution is -2.18. The van der Waals surface area contributed by atoms with Crippen LogP contribution in [0, 0.1) is 0 Å². The summed E-state index contributed by atoms with van der Waals surface area (Å²) in [5.74, 6) is 0. The third-order valence-electron chi connectivity index (χ3n) is 4.08. The van der Waals surface area contributed by atoms with Gasteiger partial charge in [-0.1, -0.05) is 19.3 Å². The summed E-state index contributed by atoms with van der Waals surface area (Å²) in [6, 6.07) is 0.687. The first kappa shape index (κ1) is 10.8. The number of fused-ring (bicyclic) bond motifs is 1. The molecule has 88 valence electrons. The zero-order valence-corrected chi connectivity index (χ0v) is 11.3. The molecule has 0 aliphatic heterocycles. The second kappa shape index (κ2) is 4.52. The molecule has 1 heterocycles. The highest BCUT2D eigenvalue weighted by Gasteiger charge is 2.24. The molecule has 1 saturated carbocycles. The maximum absolute atomic E-state index is 4.75. The number of rotatable bonds is 1. The number of hydrogen-bond acceptors (Lipinski definition) is 1. The Bertz CT molecular complexity index is 378. The first-order chi connectivity index (χ1) is 7.86. The molecule has 0 amide bonds. The molecule has 1 aromatic heterocycles. The van der Waals surface area contributed by atoms with Crippen LogP contribution in [0.15, 0.2) is 4.60 Å². The van der Waals surface area contributed by atoms with Crippen LogP contribution in [0.4, 0.5) is 0 Å². The smallest absolute Gasteiger partial charge is 0.131 e. The largest absolute Gasteiger partial charge is 0.265 e. The first-order valence-corrected chi connectivity index (χ1v) is 7.41. The molecule has 0 saturated heterocycles. The monoisotopic (exact) mass is 282 g/mol. The number of aromatic nitrogens is 2. The minimum absolute atomic E-state index is 0.687. The Balaban J connectivity index is 1.93. The Labute approximate surface area is 106 Å². The van der Waals surface area contributed by atoms with Crippen LogP contribution in [0.1, 0.15) is 62.2 Å². The first-order valence-electron chi connectivity index (χ1n) is 6.62. The fourth-order valence-corrected chi connectivity index (χ4v) is 3.81. The Morgan fingerprint density at radius 1 is 1.00 bits per heavy atom. The summed E-state index contributed by atoms with van der Waals surface area (Å²) in [6.45, 7) is 0. The summed E-state index contributed by atoms with van der Waals surface area (Å²) in [7, 11) is 0. The van der Waals surface area contributed by atoms with Crippen molar-refractivity contribution in [2.24, 2.45) is 0 Å². The minimum atomic E-state index is 0.687. The van der Waals surface area contributed by atoms with Crippen LogP contribution >= 0.6 is 15.9 Å². The van der Waals surface area contributed by atoms with Gasteiger partial charge in [-0.25, -0.2) is 0 Å². The van der Waals surface area contributed by atoms with Crippen LogP contribution in [-0.2, 0) is 12.8 Å². The molecule has 0 atom stereocenters. The van der Waals surface area contributed by atoms with Crippen molar-refractivity contribution >= 4 is 15.9 Å². The van der Waals surface area contributed by atoms with Gasteiger partial charge in [0.05, 0.1) is 6.04 Å². The summed E-state index contributed by atoms with van der Waals surface area (Å²) < 4.78 is 3.48. The van der Waals surface area contributed by atoms with Gasteiger partial charge in [0.1, 0.15) is 4.60 Å². The van der Waals surface area contributed by atoms with Crippen LogP contribution in [0.2, 0.25) is 0 Å². The normalized spacial score (nSPS) is 22.1. The number of halogens is 1. The van der Waals surface area contributed by atoms with E-state index in [-0.39, 0.29) is 0 Å². The lowest BCUT2D eigenvalue weighted by atomic mass is 9.93. The van der Waals surface area contributed by atoms with Gasteiger partial charge >= 0.3 is 0 Å². The summed E-state index contributed by atoms with van der Waals surface area (Å²) in [5.41, 5.74) is 3.03. The topological polar surface area (TPSA) is 17.8 Å². The Morgan fingerprint density at radius 2 is 1.75 bits per heavy atom. The van der Waals surface area contributed by atoms with E-state index in [1.807, 2.05) is 0 Å². The van der Waals surface area contributed by atoms with Crippen LogP contribution in [-0.4, -0.2) is 9.78 Å². The van der Waals surface area contributed by atoms with Gasteiger partial charge in [-0.2, -0.15) is 5.10 Å². The lowest BCUT2D eigenvalue weighted by Gasteiger charge is -2.25. The van der Waals surface area contributed by atoms with Gasteiger partial charge in [-0.3, -0.25) is 4.68 Å². The molecule has 0 bridgehead atoms. The predicted molar refractivity (Wildman–Crippen MR) is 68.7 cm³/mol. The highest BCUT2D eigenvalue weighted by molar-refractivity contribution is 9.10. The van der Waals surface area contributed by atoms with Crippen molar-refractivity contribution in [3.05, 3.63) is 15.9 Å². The molecule has 16 heavy (non-hydrogen) atoms. The van der Waals surface area contributed by atoms with Crippen molar-refractivity contribution in [2.45, 2.75) is 63.8 Å². The summed E-state index contributed by atoms with van der Waals surface area (Å²) in [6.07, 6.45) is 12.0. The van der Waals surface area contributed by atoms with Crippen LogP contribution in [0.3, 0.4) is 0 Å². The van der Waals surface area contributed by atoms with Gasteiger partial charge in [0.25, 0.3) is 0 Å². The molecule has 3 heteroatoms. The van der Waals surface area contributed by atoms with Gasteiger partial charge in [0, 0.05) is 11.3 Å². The quantitative estimate of drug-likeness (QED) is 0.761. The van der Waals surface area contributed by atoms with E-state index in [0.717, 1.165) is 4.60 Å². The molecular formula is C13H19BrN2. The van der Waals surface area contributed by atoms with Crippen molar-refractivity contribution in [3.63, 3.8) is 0 Å². The van der Waals surface area contributed by atoms with Crippen molar-refractivity contribution in [1.29, 1.82) is 0 Å². The van der Waals surface area contributed by atoms with Gasteiger partial charge in [-0.05, 0) is 54.5 Å². The standard InChI is InChI=1S/C13H19BrN2/c14-13-11-8-4-5-9-12(11)16(15-13)10-6-2-1-3-7-10/h10H,1-9H2. The van der Waals surface area contributed by atoms with Gasteiger partial charge in [-0.15, -0.1) is 0 Å². The average Bonchev–Trinajstić information content (AvgIpc) is 2.69. The Kier molecular flexibility index (Phi) is 3.05. The Hall–Kier alpha value is -0.310. The summed E-state index contributed by atoms with van der Waals surface area (Å²) in [5, 5.41) is 4.75. The maximum atomic E-state index is 4.75. The van der Waals surface area contributed by atoms with Gasteiger partial charge in [0.15, 0.2) is 0 Å². The maximum Gasteiger partial charge on any atom is 0.131 e. The summed E-state index contributed by atoms with van der Waals surface area (Å²) in [4.78, 5) is 0. The van der Waals surface area contributed by atoms with Gasteiger partial charge < -0.3 is 0 Å². The molecule has 3 rings (SSSR count). The van der Waals surface area contributed by atoms with Crippen LogP contribution in [0.25, 0.3) is 0 Å². The third-order valence-corrected chi connectivity index (χ3v) is 4.72. The van der Waals surface area contributed by atoms with E-state index in [1.165, 1.54) is 69.0 Å². The van der Waals surface area contributed by atoms with E-state index in [4.69, 9.17) is 5.10 Å². The highest BCUT2D eigenvalue weighted by Crippen LogP contribution is 2.34. The van der Waals surface area contributed by atoms with Crippen molar-refractivity contribution in [2.75, 3.05) is 0 Å². The van der Waals surface area contributed by atoms with Gasteiger partial charge in [0.2, 0.25) is 0 Å². The van der Waals surface area contributed by atoms with E-state index < -0.39 is 0 Å². The zero-order chi connectivity index (χ0) is 11.0. The molecule has 2 aliphatic carbocycles. The molecule has 0 N–H and O–H groups in total. The summed E-state index contributed by atoms with van der Waals surface area (Å²) >= 11 is 3.64. The van der Waals surface area contributed by atoms with Crippen molar-refractivity contribution in [1.82, 2.24) is 9.78 Å².